The molecule has 0 radical (unpaired) electrons. The number of rotatable bonds is 0. The number of benzene rings is 1. The standard InChI is InChI=1S/C11H11.Tl/c1-8-6-7-9(2)11-5-3-4-10(8)11;/h4,6-7H,5H2,1-2H3;. The maximum absolute atomic E-state index is 2.39. The molecule has 0 amide bonds. The van der Waals surface area contributed by atoms with Crippen LogP contribution in [0.3, 0.4) is 0 Å². The van der Waals surface area contributed by atoms with Crippen molar-refractivity contribution in [2.24, 2.45) is 0 Å². The summed E-state index contributed by atoms with van der Waals surface area (Å²) in [7, 11) is 0. The van der Waals surface area contributed by atoms with Crippen molar-refractivity contribution >= 4 is 31.8 Å². The Morgan fingerprint density at radius 3 is 2.50 bits per heavy atom. The Kier molecular flexibility index (Phi) is 2.11. The second-order valence-electron chi connectivity index (χ2n) is 3.49. The van der Waals surface area contributed by atoms with Gasteiger partial charge in [-0.1, -0.05) is 0 Å². The summed E-state index contributed by atoms with van der Waals surface area (Å²) >= 11 is 1.01. The number of hydrogen-bond acceptors (Lipinski definition) is 0. The minimum absolute atomic E-state index is 1.01. The topological polar surface area (TPSA) is 0 Å². The van der Waals surface area contributed by atoms with Crippen LogP contribution in [0, 0.1) is 13.8 Å². The van der Waals surface area contributed by atoms with E-state index < -0.39 is 0 Å². The fourth-order valence-electron chi connectivity index (χ4n) is 1.77. The van der Waals surface area contributed by atoms with E-state index in [0.29, 0.717) is 0 Å². The Balaban J connectivity index is 2.66. The molecule has 0 bridgehead atoms. The first-order valence-electron chi connectivity index (χ1n) is 4.23. The molecule has 0 fully saturated rings. The normalized spacial score (nSPS) is 14.2. The van der Waals surface area contributed by atoms with Crippen LogP contribution in [0.5, 0.6) is 0 Å². The molecular weight excluding hydrogens is 337 g/mol. The van der Waals surface area contributed by atoms with Gasteiger partial charge in [-0.25, -0.2) is 0 Å². The van der Waals surface area contributed by atoms with Crippen LogP contribution in [0.4, 0.5) is 0 Å². The summed E-state index contributed by atoms with van der Waals surface area (Å²) in [6, 6.07) is 4.47. The van der Waals surface area contributed by atoms with Crippen LogP contribution in [0.25, 0.3) is 6.08 Å². The van der Waals surface area contributed by atoms with Gasteiger partial charge in [-0.2, -0.15) is 0 Å². The SMILES string of the molecule is Cc1ccc(C)c2c1C=[C]([Tl])C2. The van der Waals surface area contributed by atoms with E-state index in [1.165, 1.54) is 23.1 Å². The van der Waals surface area contributed by atoms with Crippen molar-refractivity contribution in [3.63, 3.8) is 0 Å². The van der Waals surface area contributed by atoms with Crippen LogP contribution in [-0.4, -0.2) is 25.8 Å². The molecule has 0 saturated heterocycles. The number of aryl methyl sites for hydroxylation is 2. The van der Waals surface area contributed by atoms with Gasteiger partial charge in [0.25, 0.3) is 0 Å². The Hall–Kier alpha value is -0.118. The van der Waals surface area contributed by atoms with Crippen molar-refractivity contribution in [1.29, 1.82) is 0 Å². The second kappa shape index (κ2) is 2.98. The molecule has 0 nitrogen and oxygen atoms in total. The average molecular weight is 348 g/mol. The predicted molar refractivity (Wildman–Crippen MR) is 53.4 cm³/mol. The molecule has 0 heterocycles. The third kappa shape index (κ3) is 1.26. The van der Waals surface area contributed by atoms with Crippen LogP contribution < -0.4 is 0 Å². The zero-order valence-electron chi connectivity index (χ0n) is 7.52. The molecule has 1 aliphatic carbocycles. The van der Waals surface area contributed by atoms with Crippen molar-refractivity contribution in [3.05, 3.63) is 37.5 Å². The van der Waals surface area contributed by atoms with E-state index in [-0.39, 0.29) is 0 Å². The quantitative estimate of drug-likeness (QED) is 0.632. The molecule has 1 aromatic rings. The van der Waals surface area contributed by atoms with Crippen molar-refractivity contribution in [3.8, 4) is 0 Å². The zero-order chi connectivity index (χ0) is 8.72. The van der Waals surface area contributed by atoms with Gasteiger partial charge >= 0.3 is 89.6 Å². The molecule has 2 rings (SSSR count). The Labute approximate surface area is 89.4 Å². The molecule has 0 aromatic heterocycles. The summed E-state index contributed by atoms with van der Waals surface area (Å²) in [6.07, 6.45) is 3.62. The molecule has 0 N–H and O–H groups in total. The molecule has 58 valence electrons. The van der Waals surface area contributed by atoms with Gasteiger partial charge in [0.1, 0.15) is 0 Å². The summed E-state index contributed by atoms with van der Waals surface area (Å²) in [4.78, 5) is 0. The second-order valence-corrected chi connectivity index (χ2v) is 6.37. The van der Waals surface area contributed by atoms with E-state index in [1.807, 2.05) is 0 Å². The van der Waals surface area contributed by atoms with E-state index in [1.54, 1.807) is 8.70 Å². The van der Waals surface area contributed by atoms with E-state index >= 15 is 0 Å². The van der Waals surface area contributed by atoms with Gasteiger partial charge in [-0.15, -0.1) is 0 Å². The molecule has 1 aliphatic rings. The van der Waals surface area contributed by atoms with Gasteiger partial charge in [-0.05, 0) is 0 Å². The third-order valence-electron chi connectivity index (χ3n) is 2.52. The molecule has 1 aromatic carbocycles. The summed E-state index contributed by atoms with van der Waals surface area (Å²) in [6.45, 7) is 4.42. The summed E-state index contributed by atoms with van der Waals surface area (Å²) in [5.41, 5.74) is 5.98. The predicted octanol–water partition coefficient (Wildman–Crippen LogP) is 2.37. The molecule has 0 saturated carbocycles. The fraction of sp³-hybridized carbons (Fsp3) is 0.273. The van der Waals surface area contributed by atoms with Gasteiger partial charge in [0.05, 0.1) is 0 Å². The molecule has 12 heavy (non-hydrogen) atoms. The first-order chi connectivity index (χ1) is 5.68. The van der Waals surface area contributed by atoms with Crippen molar-refractivity contribution in [2.45, 2.75) is 20.3 Å². The summed E-state index contributed by atoms with van der Waals surface area (Å²) in [5.74, 6) is 0. The molecule has 0 atom stereocenters. The average Bonchev–Trinajstić information content (AvgIpc) is 2.41. The van der Waals surface area contributed by atoms with E-state index in [0.717, 1.165) is 25.8 Å². The van der Waals surface area contributed by atoms with E-state index in [4.69, 9.17) is 0 Å². The molecule has 0 unspecified atom stereocenters. The third-order valence-corrected chi connectivity index (χ3v) is 3.96. The van der Waals surface area contributed by atoms with Gasteiger partial charge in [0, 0.05) is 0 Å². The maximum atomic E-state index is 2.39. The van der Waals surface area contributed by atoms with Gasteiger partial charge < -0.3 is 0 Å². The number of fused-ring (bicyclic) bond motifs is 1. The summed E-state index contributed by atoms with van der Waals surface area (Å²) in [5, 5.41) is 0. The van der Waals surface area contributed by atoms with Crippen LogP contribution in [0.15, 0.2) is 15.3 Å². The first-order valence-corrected chi connectivity index (χ1v) is 6.48. The van der Waals surface area contributed by atoms with Crippen LogP contribution in [0.1, 0.15) is 22.3 Å². The number of allylic oxidation sites excluding steroid dienone is 1. The Morgan fingerprint density at radius 1 is 1.17 bits per heavy atom. The summed E-state index contributed by atoms with van der Waals surface area (Å²) < 4.78 is 1.66. The van der Waals surface area contributed by atoms with Gasteiger partial charge in [0.15, 0.2) is 0 Å². The Morgan fingerprint density at radius 2 is 1.83 bits per heavy atom. The van der Waals surface area contributed by atoms with Crippen LogP contribution >= 0.6 is 0 Å². The molecule has 0 spiro atoms. The zero-order valence-corrected chi connectivity index (χ0v) is 12.0. The number of hydrogen-bond donors (Lipinski definition) is 0. The van der Waals surface area contributed by atoms with Crippen LogP contribution in [0.2, 0.25) is 0 Å². The first kappa shape index (κ1) is 8.48. The fourth-order valence-corrected chi connectivity index (χ4v) is 3.21. The molecule has 0 aliphatic heterocycles. The van der Waals surface area contributed by atoms with Crippen molar-refractivity contribution in [1.82, 2.24) is 0 Å². The Bertz CT molecular complexity index is 362. The molecule has 1 heteroatoms. The monoisotopic (exact) mass is 348 g/mol. The minimum atomic E-state index is 1.01. The molecular formula is C11H11Tl. The van der Waals surface area contributed by atoms with E-state index in [2.05, 4.69) is 32.1 Å². The van der Waals surface area contributed by atoms with Crippen LogP contribution in [-0.2, 0) is 6.42 Å². The van der Waals surface area contributed by atoms with Crippen molar-refractivity contribution in [2.75, 3.05) is 0 Å². The van der Waals surface area contributed by atoms with Gasteiger partial charge in [-0.3, -0.25) is 0 Å². The van der Waals surface area contributed by atoms with Gasteiger partial charge in [0.2, 0.25) is 0 Å². The van der Waals surface area contributed by atoms with E-state index in [9.17, 15) is 0 Å². The van der Waals surface area contributed by atoms with Crippen molar-refractivity contribution < 1.29 is 0 Å².